The quantitative estimate of drug-likeness (QED) is 0.473. The lowest BCUT2D eigenvalue weighted by Gasteiger charge is -2.18. The number of aliphatic imine (C=N–C) groups is 1. The van der Waals surface area contributed by atoms with Gasteiger partial charge in [-0.3, -0.25) is 0 Å². The zero-order valence-corrected chi connectivity index (χ0v) is 9.22. The van der Waals surface area contributed by atoms with Gasteiger partial charge in [0.2, 0.25) is 5.90 Å². The molecule has 0 saturated carbocycles. The minimum atomic E-state index is 0.156. The molecule has 0 bridgehead atoms. The van der Waals surface area contributed by atoms with E-state index < -0.39 is 0 Å². The van der Waals surface area contributed by atoms with Crippen molar-refractivity contribution in [1.29, 1.82) is 0 Å². The first-order valence-electron chi connectivity index (χ1n) is 4.33. The summed E-state index contributed by atoms with van der Waals surface area (Å²) in [6.07, 6.45) is 3.41. The Labute approximate surface area is 81.0 Å². The molecule has 0 aliphatic carbocycles. The van der Waals surface area contributed by atoms with Crippen LogP contribution in [0.4, 0.5) is 0 Å². The van der Waals surface area contributed by atoms with Gasteiger partial charge in [0.05, 0.1) is 7.11 Å². The molecule has 0 aliphatic rings. The van der Waals surface area contributed by atoms with Crippen LogP contribution in [0.5, 0.6) is 0 Å². The van der Waals surface area contributed by atoms with E-state index in [1.807, 2.05) is 6.20 Å². The van der Waals surface area contributed by atoms with Crippen molar-refractivity contribution >= 4 is 5.90 Å². The average molecular weight is 181 g/mol. The zero-order valence-electron chi connectivity index (χ0n) is 9.22. The predicted octanol–water partition coefficient (Wildman–Crippen LogP) is 3.17. The van der Waals surface area contributed by atoms with Crippen LogP contribution in [0.3, 0.4) is 0 Å². The number of allylic oxidation sites excluding steroid dienone is 1. The van der Waals surface area contributed by atoms with E-state index in [9.17, 15) is 0 Å². The average Bonchev–Trinajstić information content (AvgIpc) is 2.04. The molecule has 0 rings (SSSR count). The van der Waals surface area contributed by atoms with Gasteiger partial charge in [-0.1, -0.05) is 27.4 Å². The highest BCUT2D eigenvalue weighted by molar-refractivity contribution is 5.87. The molecule has 0 radical (unpaired) electrons. The molecule has 2 nitrogen and oxygen atoms in total. The van der Waals surface area contributed by atoms with Gasteiger partial charge >= 0.3 is 0 Å². The van der Waals surface area contributed by atoms with Crippen molar-refractivity contribution in [1.82, 2.24) is 0 Å². The molecule has 0 aromatic rings. The summed E-state index contributed by atoms with van der Waals surface area (Å²) in [7, 11) is 1.58. The number of hydrogen-bond donors (Lipinski definition) is 0. The van der Waals surface area contributed by atoms with Crippen LogP contribution in [0, 0.1) is 5.41 Å². The summed E-state index contributed by atoms with van der Waals surface area (Å²) in [5, 5.41) is 0. The van der Waals surface area contributed by atoms with Crippen molar-refractivity contribution in [2.45, 2.75) is 27.7 Å². The van der Waals surface area contributed by atoms with Crippen molar-refractivity contribution in [3.63, 3.8) is 0 Å². The van der Waals surface area contributed by atoms with Gasteiger partial charge in [-0.05, 0) is 24.0 Å². The number of methoxy groups -OCH3 is 1. The van der Waals surface area contributed by atoms with Gasteiger partial charge in [0, 0.05) is 6.20 Å². The highest BCUT2D eigenvalue weighted by Gasteiger charge is 2.11. The summed E-state index contributed by atoms with van der Waals surface area (Å²) >= 11 is 0. The standard InChI is InChI=1S/C11H19NO/c1-7-10(13-6)12-8-9(2)11(3,4)5/h7-8H,1H2,2-6H3/b9-8-,12-10?. The molecule has 0 saturated heterocycles. The third kappa shape index (κ3) is 4.51. The predicted molar refractivity (Wildman–Crippen MR) is 57.9 cm³/mol. The third-order valence-corrected chi connectivity index (χ3v) is 1.95. The fourth-order valence-electron chi connectivity index (χ4n) is 0.543. The van der Waals surface area contributed by atoms with E-state index in [0.717, 1.165) is 0 Å². The molecule has 0 N–H and O–H groups in total. The van der Waals surface area contributed by atoms with Gasteiger partial charge in [0.1, 0.15) is 0 Å². The van der Waals surface area contributed by atoms with E-state index in [0.29, 0.717) is 5.90 Å². The lowest BCUT2D eigenvalue weighted by molar-refractivity contribution is 0.406. The van der Waals surface area contributed by atoms with E-state index in [2.05, 4.69) is 39.3 Å². The molecule has 0 heterocycles. The maximum atomic E-state index is 4.95. The number of rotatable bonds is 2. The van der Waals surface area contributed by atoms with Crippen molar-refractivity contribution in [2.75, 3.05) is 7.11 Å². The first-order valence-corrected chi connectivity index (χ1v) is 4.33. The lowest BCUT2D eigenvalue weighted by Crippen LogP contribution is -2.06. The van der Waals surface area contributed by atoms with Crippen LogP contribution < -0.4 is 0 Å². The van der Waals surface area contributed by atoms with Crippen LogP contribution in [-0.4, -0.2) is 13.0 Å². The van der Waals surface area contributed by atoms with Crippen LogP contribution in [-0.2, 0) is 4.74 Å². The van der Waals surface area contributed by atoms with Gasteiger partial charge in [0.25, 0.3) is 0 Å². The lowest BCUT2D eigenvalue weighted by atomic mass is 9.88. The summed E-state index contributed by atoms with van der Waals surface area (Å²) in [6, 6.07) is 0. The normalized spacial score (nSPS) is 14.2. The molecule has 74 valence electrons. The second-order valence-electron chi connectivity index (χ2n) is 3.94. The van der Waals surface area contributed by atoms with E-state index >= 15 is 0 Å². The molecule has 0 spiro atoms. The van der Waals surface area contributed by atoms with Gasteiger partial charge in [-0.25, -0.2) is 4.99 Å². The summed E-state index contributed by atoms with van der Waals surface area (Å²) < 4.78 is 4.95. The number of nitrogens with zero attached hydrogens (tertiary/aromatic N) is 1. The maximum Gasteiger partial charge on any atom is 0.212 e. The topological polar surface area (TPSA) is 21.6 Å². The molecule has 0 aromatic carbocycles. The van der Waals surface area contributed by atoms with Crippen molar-refractivity contribution in [3.05, 3.63) is 24.4 Å². The van der Waals surface area contributed by atoms with Crippen LogP contribution in [0.2, 0.25) is 0 Å². The monoisotopic (exact) mass is 181 g/mol. The smallest absolute Gasteiger partial charge is 0.212 e. The molecule has 2 heteroatoms. The first kappa shape index (κ1) is 11.9. The van der Waals surface area contributed by atoms with E-state index in [1.54, 1.807) is 13.2 Å². The Hall–Kier alpha value is -1.05. The highest BCUT2D eigenvalue weighted by Crippen LogP contribution is 2.24. The maximum absolute atomic E-state index is 4.95. The molecule has 0 aromatic heterocycles. The molecule has 0 unspecified atom stereocenters. The number of ether oxygens (including phenoxy) is 1. The van der Waals surface area contributed by atoms with Crippen LogP contribution in [0.1, 0.15) is 27.7 Å². The Morgan fingerprint density at radius 3 is 2.23 bits per heavy atom. The Kier molecular flexibility index (Phi) is 4.46. The van der Waals surface area contributed by atoms with Crippen molar-refractivity contribution < 1.29 is 4.74 Å². The number of hydrogen-bond acceptors (Lipinski definition) is 2. The first-order chi connectivity index (χ1) is 5.91. The van der Waals surface area contributed by atoms with Gasteiger partial charge in [0.15, 0.2) is 0 Å². The van der Waals surface area contributed by atoms with Gasteiger partial charge < -0.3 is 4.74 Å². The van der Waals surface area contributed by atoms with Crippen LogP contribution in [0.15, 0.2) is 29.4 Å². The van der Waals surface area contributed by atoms with Gasteiger partial charge in [-0.2, -0.15) is 0 Å². The summed E-state index contributed by atoms with van der Waals surface area (Å²) in [6.45, 7) is 12.1. The second-order valence-corrected chi connectivity index (χ2v) is 3.94. The van der Waals surface area contributed by atoms with Crippen molar-refractivity contribution in [2.24, 2.45) is 10.4 Å². The van der Waals surface area contributed by atoms with Crippen LogP contribution in [0.25, 0.3) is 0 Å². The second kappa shape index (κ2) is 4.85. The molecular weight excluding hydrogens is 162 g/mol. The fourth-order valence-corrected chi connectivity index (χ4v) is 0.543. The van der Waals surface area contributed by atoms with E-state index in [-0.39, 0.29) is 5.41 Å². The summed E-state index contributed by atoms with van der Waals surface area (Å²) in [5.74, 6) is 0.545. The molecule has 0 amide bonds. The largest absolute Gasteiger partial charge is 0.481 e. The third-order valence-electron chi connectivity index (χ3n) is 1.95. The van der Waals surface area contributed by atoms with E-state index in [4.69, 9.17) is 4.74 Å². The molecular formula is C11H19NO. The SMILES string of the molecule is C=CC(=N/C=C(/C)C(C)(C)C)OC. The van der Waals surface area contributed by atoms with Gasteiger partial charge in [-0.15, -0.1) is 0 Å². The molecule has 0 fully saturated rings. The molecule has 0 atom stereocenters. The Balaban J connectivity index is 4.58. The summed E-state index contributed by atoms with van der Waals surface area (Å²) in [4.78, 5) is 4.14. The van der Waals surface area contributed by atoms with E-state index in [1.165, 1.54) is 5.57 Å². The summed E-state index contributed by atoms with van der Waals surface area (Å²) in [5.41, 5.74) is 1.37. The Morgan fingerprint density at radius 2 is 1.92 bits per heavy atom. The fraction of sp³-hybridized carbons (Fsp3) is 0.545. The van der Waals surface area contributed by atoms with Crippen LogP contribution >= 0.6 is 0 Å². The Morgan fingerprint density at radius 1 is 1.38 bits per heavy atom. The highest BCUT2D eigenvalue weighted by atomic mass is 16.5. The Bertz CT molecular complexity index is 231. The van der Waals surface area contributed by atoms with Crippen molar-refractivity contribution in [3.8, 4) is 0 Å². The minimum absolute atomic E-state index is 0.156. The molecule has 13 heavy (non-hydrogen) atoms. The molecule has 0 aliphatic heterocycles. The zero-order chi connectivity index (χ0) is 10.5. The minimum Gasteiger partial charge on any atom is -0.481 e.